The van der Waals surface area contributed by atoms with Gasteiger partial charge < -0.3 is 10.1 Å². The van der Waals surface area contributed by atoms with Crippen molar-refractivity contribution in [2.24, 2.45) is 0 Å². The quantitative estimate of drug-likeness (QED) is 0.672. The van der Waals surface area contributed by atoms with E-state index in [1.54, 1.807) is 28.6 Å². The standard InChI is InChI=1S/C24H32N2O4S/c1-18(2)22-10-8-9-19(3)24(22)25-23(27)17-30-20-11-13-21(14-12-20)31(28,29)26-15-6-4-5-7-16-26/h8-14,18H,4-7,15-17H2,1-3H3,(H,25,27). The minimum absolute atomic E-state index is 0.149. The van der Waals surface area contributed by atoms with Crippen LogP contribution in [0.4, 0.5) is 5.69 Å². The maximum Gasteiger partial charge on any atom is 0.262 e. The average Bonchev–Trinajstić information content (AvgIpc) is 3.04. The van der Waals surface area contributed by atoms with Crippen molar-refractivity contribution in [1.29, 1.82) is 0 Å². The monoisotopic (exact) mass is 444 g/mol. The Morgan fingerprint density at radius 1 is 1.03 bits per heavy atom. The molecule has 2 aromatic carbocycles. The van der Waals surface area contributed by atoms with Crippen LogP contribution in [-0.2, 0) is 14.8 Å². The molecule has 1 saturated heterocycles. The number of ether oxygens (including phenoxy) is 1. The largest absolute Gasteiger partial charge is 0.484 e. The van der Waals surface area contributed by atoms with Crippen LogP contribution in [0.2, 0.25) is 0 Å². The van der Waals surface area contributed by atoms with Crippen molar-refractivity contribution in [1.82, 2.24) is 4.31 Å². The highest BCUT2D eigenvalue weighted by atomic mass is 32.2. The summed E-state index contributed by atoms with van der Waals surface area (Å²) in [5, 5.41) is 2.95. The van der Waals surface area contributed by atoms with Crippen LogP contribution in [-0.4, -0.2) is 38.3 Å². The van der Waals surface area contributed by atoms with Crippen LogP contribution >= 0.6 is 0 Å². The molecule has 1 aliphatic rings. The van der Waals surface area contributed by atoms with Crippen molar-refractivity contribution in [3.8, 4) is 5.75 Å². The Balaban J connectivity index is 1.61. The number of aryl methyl sites for hydroxylation is 1. The summed E-state index contributed by atoms with van der Waals surface area (Å²) in [6.07, 6.45) is 3.94. The molecule has 0 atom stereocenters. The molecule has 0 aliphatic carbocycles. The van der Waals surface area contributed by atoms with E-state index in [4.69, 9.17) is 4.74 Å². The summed E-state index contributed by atoms with van der Waals surface area (Å²) < 4.78 is 32.9. The van der Waals surface area contributed by atoms with Crippen LogP contribution in [0.3, 0.4) is 0 Å². The number of nitrogens with zero attached hydrogens (tertiary/aromatic N) is 1. The van der Waals surface area contributed by atoms with Crippen molar-refractivity contribution in [3.63, 3.8) is 0 Å². The zero-order chi connectivity index (χ0) is 22.4. The smallest absolute Gasteiger partial charge is 0.262 e. The van der Waals surface area contributed by atoms with E-state index in [0.29, 0.717) is 18.8 Å². The fraction of sp³-hybridized carbons (Fsp3) is 0.458. The summed E-state index contributed by atoms with van der Waals surface area (Å²) in [5.41, 5.74) is 2.91. The molecule has 0 spiro atoms. The lowest BCUT2D eigenvalue weighted by Gasteiger charge is -2.20. The molecule has 0 radical (unpaired) electrons. The van der Waals surface area contributed by atoms with Crippen LogP contribution < -0.4 is 10.1 Å². The van der Waals surface area contributed by atoms with Gasteiger partial charge in [-0.1, -0.05) is 44.9 Å². The number of carbonyl (C=O) groups excluding carboxylic acids is 1. The number of para-hydroxylation sites is 1. The van der Waals surface area contributed by atoms with Crippen LogP contribution in [0.1, 0.15) is 56.6 Å². The van der Waals surface area contributed by atoms with E-state index in [-0.39, 0.29) is 23.3 Å². The van der Waals surface area contributed by atoms with Crippen LogP contribution in [0.5, 0.6) is 5.75 Å². The Kier molecular flexibility index (Phi) is 7.73. The Morgan fingerprint density at radius 3 is 2.29 bits per heavy atom. The average molecular weight is 445 g/mol. The molecule has 1 fully saturated rings. The first-order chi connectivity index (χ1) is 14.8. The third-order valence-corrected chi connectivity index (χ3v) is 7.50. The Hall–Kier alpha value is -2.38. The highest BCUT2D eigenvalue weighted by molar-refractivity contribution is 7.89. The highest BCUT2D eigenvalue weighted by Crippen LogP contribution is 2.27. The highest BCUT2D eigenvalue weighted by Gasteiger charge is 2.25. The van der Waals surface area contributed by atoms with E-state index < -0.39 is 10.0 Å². The predicted octanol–water partition coefficient (Wildman–Crippen LogP) is 4.70. The van der Waals surface area contributed by atoms with Gasteiger partial charge in [0.25, 0.3) is 5.91 Å². The minimum Gasteiger partial charge on any atom is -0.484 e. The number of amides is 1. The first-order valence-electron chi connectivity index (χ1n) is 10.9. The molecule has 7 heteroatoms. The number of anilines is 1. The fourth-order valence-electron chi connectivity index (χ4n) is 3.81. The number of rotatable bonds is 7. The summed E-state index contributed by atoms with van der Waals surface area (Å²) >= 11 is 0. The molecular weight excluding hydrogens is 412 g/mol. The normalized spacial score (nSPS) is 15.5. The van der Waals surface area contributed by atoms with Crippen LogP contribution in [0.25, 0.3) is 0 Å². The molecule has 0 bridgehead atoms. The zero-order valence-corrected chi connectivity index (χ0v) is 19.4. The van der Waals surface area contributed by atoms with E-state index in [2.05, 4.69) is 19.2 Å². The number of nitrogens with one attached hydrogen (secondary N) is 1. The third kappa shape index (κ3) is 5.86. The van der Waals surface area contributed by atoms with Gasteiger partial charge >= 0.3 is 0 Å². The second kappa shape index (κ2) is 10.3. The van der Waals surface area contributed by atoms with Gasteiger partial charge in [-0.25, -0.2) is 8.42 Å². The number of hydrogen-bond acceptors (Lipinski definition) is 4. The third-order valence-electron chi connectivity index (χ3n) is 5.59. The molecule has 168 valence electrons. The van der Waals surface area contributed by atoms with Gasteiger partial charge in [0, 0.05) is 18.8 Å². The zero-order valence-electron chi connectivity index (χ0n) is 18.6. The van der Waals surface area contributed by atoms with Gasteiger partial charge in [-0.15, -0.1) is 0 Å². The van der Waals surface area contributed by atoms with E-state index in [0.717, 1.165) is 42.5 Å². The van der Waals surface area contributed by atoms with E-state index >= 15 is 0 Å². The number of benzene rings is 2. The molecular formula is C24H32N2O4S. The maximum atomic E-state index is 12.9. The van der Waals surface area contributed by atoms with Gasteiger partial charge in [-0.2, -0.15) is 4.31 Å². The minimum atomic E-state index is -3.49. The van der Waals surface area contributed by atoms with Crippen LogP contribution in [0.15, 0.2) is 47.4 Å². The van der Waals surface area contributed by atoms with Gasteiger partial charge in [0.15, 0.2) is 6.61 Å². The molecule has 1 aliphatic heterocycles. The van der Waals surface area contributed by atoms with E-state index in [9.17, 15) is 13.2 Å². The number of carbonyl (C=O) groups is 1. The Bertz CT molecular complexity index is 993. The lowest BCUT2D eigenvalue weighted by Crippen LogP contribution is -2.31. The van der Waals surface area contributed by atoms with E-state index in [1.807, 2.05) is 25.1 Å². The first-order valence-corrected chi connectivity index (χ1v) is 12.4. The Morgan fingerprint density at radius 2 is 1.68 bits per heavy atom. The van der Waals surface area contributed by atoms with Gasteiger partial charge in [0.2, 0.25) is 10.0 Å². The first kappa shape index (κ1) is 23.3. The predicted molar refractivity (Wildman–Crippen MR) is 123 cm³/mol. The Labute approximate surface area is 185 Å². The molecule has 0 aromatic heterocycles. The summed E-state index contributed by atoms with van der Waals surface area (Å²) in [6.45, 7) is 7.12. The van der Waals surface area contributed by atoms with Gasteiger partial charge in [-0.05, 0) is 61.1 Å². The molecule has 1 N–H and O–H groups in total. The summed E-state index contributed by atoms with van der Waals surface area (Å²) in [5.74, 6) is 0.492. The second-order valence-electron chi connectivity index (χ2n) is 8.32. The molecule has 3 rings (SSSR count). The van der Waals surface area contributed by atoms with Crippen molar-refractivity contribution in [2.45, 2.75) is 57.3 Å². The molecule has 2 aromatic rings. The van der Waals surface area contributed by atoms with Crippen molar-refractivity contribution >= 4 is 21.6 Å². The molecule has 1 amide bonds. The molecule has 1 heterocycles. The molecule has 0 unspecified atom stereocenters. The summed E-state index contributed by atoms with van der Waals surface area (Å²) in [6, 6.07) is 12.3. The molecule has 0 saturated carbocycles. The molecule has 31 heavy (non-hydrogen) atoms. The fourth-order valence-corrected chi connectivity index (χ4v) is 5.32. The van der Waals surface area contributed by atoms with Crippen molar-refractivity contribution in [3.05, 3.63) is 53.6 Å². The molecule has 6 nitrogen and oxygen atoms in total. The maximum absolute atomic E-state index is 12.9. The summed E-state index contributed by atoms with van der Waals surface area (Å²) in [7, 11) is -3.49. The van der Waals surface area contributed by atoms with Crippen molar-refractivity contribution in [2.75, 3.05) is 25.0 Å². The van der Waals surface area contributed by atoms with E-state index in [1.165, 1.54) is 0 Å². The van der Waals surface area contributed by atoms with Crippen molar-refractivity contribution < 1.29 is 17.9 Å². The topological polar surface area (TPSA) is 75.7 Å². The number of hydrogen-bond donors (Lipinski definition) is 1. The second-order valence-corrected chi connectivity index (χ2v) is 10.3. The lowest BCUT2D eigenvalue weighted by atomic mass is 9.98. The summed E-state index contributed by atoms with van der Waals surface area (Å²) in [4.78, 5) is 12.7. The lowest BCUT2D eigenvalue weighted by molar-refractivity contribution is -0.118. The van der Waals surface area contributed by atoms with Gasteiger partial charge in [-0.3, -0.25) is 4.79 Å². The van der Waals surface area contributed by atoms with Gasteiger partial charge in [0.1, 0.15) is 5.75 Å². The number of sulfonamides is 1. The SMILES string of the molecule is Cc1cccc(C(C)C)c1NC(=O)COc1ccc(S(=O)(=O)N2CCCCCC2)cc1. The van der Waals surface area contributed by atoms with Gasteiger partial charge in [0.05, 0.1) is 4.90 Å². The van der Waals surface area contributed by atoms with Crippen LogP contribution in [0, 0.1) is 6.92 Å².